The topological polar surface area (TPSA) is 9.23 Å². The molecular formula is C23H48Cl2OSi2Zr. The second kappa shape index (κ2) is 14.2. The maximum atomic E-state index is 6.13. The quantitative estimate of drug-likeness (QED) is 0.233. The van der Waals surface area contributed by atoms with Crippen LogP contribution in [0.2, 0.25) is 43.8 Å². The van der Waals surface area contributed by atoms with Gasteiger partial charge in [-0.1, -0.05) is 64.5 Å². The fourth-order valence-corrected chi connectivity index (χ4v) is 12.1. The summed E-state index contributed by atoms with van der Waals surface area (Å²) in [5.74, 6) is 3.23. The molecule has 3 aliphatic rings. The normalized spacial score (nSPS) is 31.5. The Balaban J connectivity index is 0.00000148. The van der Waals surface area contributed by atoms with Crippen LogP contribution in [0.25, 0.3) is 0 Å². The monoisotopic (exact) mass is 556 g/mol. The Bertz CT molecular complexity index is 445. The standard InChI is InChI=1S/C21H42OSi2.2CH3.2ClH.Zr/c1-23(2,3)22-15-14-17-10-12-19(16-17)24(4,5)21-13-11-18-8-6-7-9-20(18)21;;;;;/h17-21H,6-16H2,1-5H3;2*1H3;2*1H;/q;2*-1;;;+4/p-2. The van der Waals surface area contributed by atoms with Gasteiger partial charge in [-0.3, -0.25) is 0 Å². The zero-order chi connectivity index (χ0) is 20.1. The molecule has 0 aromatic rings. The molecule has 0 saturated heterocycles. The predicted molar refractivity (Wildman–Crippen MR) is 135 cm³/mol. The van der Waals surface area contributed by atoms with Crippen LogP contribution in [-0.2, 0) is 25.3 Å². The molecule has 1 nitrogen and oxygen atoms in total. The number of hydrogen-bond donors (Lipinski definition) is 0. The molecule has 3 saturated carbocycles. The van der Waals surface area contributed by atoms with Gasteiger partial charge < -0.3 is 19.3 Å². The molecule has 0 aromatic heterocycles. The summed E-state index contributed by atoms with van der Waals surface area (Å²) in [6.07, 6.45) is 15.3. The van der Waals surface area contributed by atoms with Crippen LogP contribution in [0.5, 0.6) is 0 Å². The van der Waals surface area contributed by atoms with Crippen molar-refractivity contribution in [3.63, 3.8) is 0 Å². The molecule has 0 aromatic carbocycles. The summed E-state index contributed by atoms with van der Waals surface area (Å²) in [5.41, 5.74) is 2.27. The number of hydrogen-bond acceptors (Lipinski definition) is 1. The third-order valence-corrected chi connectivity index (χ3v) is 14.3. The Morgan fingerprint density at radius 2 is 1.48 bits per heavy atom. The molecule has 5 atom stereocenters. The average Bonchev–Trinajstić information content (AvgIpc) is 3.21. The fraction of sp³-hybridized carbons (Fsp3) is 0.913. The van der Waals surface area contributed by atoms with E-state index in [1.54, 1.807) is 38.5 Å². The second-order valence-corrected chi connectivity index (χ2v) is 24.4. The summed E-state index contributed by atoms with van der Waals surface area (Å²) in [7, 11) is 7.46. The second-order valence-electron chi connectivity index (χ2n) is 10.9. The summed E-state index contributed by atoms with van der Waals surface area (Å²) in [5, 5.41) is 0. The third-order valence-electron chi connectivity index (χ3n) is 7.94. The van der Waals surface area contributed by atoms with Crippen molar-refractivity contribution in [3.05, 3.63) is 14.9 Å². The first-order valence-electron chi connectivity index (χ1n) is 11.3. The molecule has 6 heteroatoms. The molecule has 0 radical (unpaired) electrons. The van der Waals surface area contributed by atoms with Gasteiger partial charge in [0.05, 0.1) is 8.07 Å². The van der Waals surface area contributed by atoms with Gasteiger partial charge in [0.15, 0.2) is 8.32 Å². The van der Waals surface area contributed by atoms with E-state index in [-0.39, 0.29) is 14.9 Å². The van der Waals surface area contributed by atoms with Crippen LogP contribution < -0.4 is 0 Å². The van der Waals surface area contributed by atoms with Crippen molar-refractivity contribution in [2.24, 2.45) is 17.8 Å². The van der Waals surface area contributed by atoms with Crippen molar-refractivity contribution in [3.8, 4) is 0 Å². The fourth-order valence-electron chi connectivity index (χ4n) is 6.50. The molecule has 0 bridgehead atoms. The molecule has 0 spiro atoms. The number of fused-ring (bicyclic) bond motifs is 1. The Morgan fingerprint density at radius 1 is 0.862 bits per heavy atom. The first-order chi connectivity index (χ1) is 12.7. The van der Waals surface area contributed by atoms with Gasteiger partial charge in [0.1, 0.15) is 0 Å². The van der Waals surface area contributed by atoms with Gasteiger partial charge in [0.25, 0.3) is 0 Å². The molecule has 5 unspecified atom stereocenters. The van der Waals surface area contributed by atoms with Crippen LogP contribution >= 0.6 is 17.0 Å². The first-order valence-corrected chi connectivity index (χ1v) is 24.2. The van der Waals surface area contributed by atoms with E-state index in [1.165, 1.54) is 25.7 Å². The van der Waals surface area contributed by atoms with Crippen LogP contribution in [-0.4, -0.2) is 23.0 Å². The maximum absolute atomic E-state index is 6.13. The van der Waals surface area contributed by atoms with Gasteiger partial charge in [-0.2, -0.15) is 0 Å². The first kappa shape index (κ1) is 30.9. The molecule has 0 heterocycles. The molecule has 29 heavy (non-hydrogen) atoms. The van der Waals surface area contributed by atoms with Crippen LogP contribution in [0, 0.1) is 32.6 Å². The molecule has 172 valence electrons. The van der Waals surface area contributed by atoms with Crippen molar-refractivity contribution < 1.29 is 25.3 Å². The molecular weight excluding hydrogens is 511 g/mol. The van der Waals surface area contributed by atoms with Crippen molar-refractivity contribution >= 4 is 33.4 Å². The van der Waals surface area contributed by atoms with Crippen LogP contribution in [0.3, 0.4) is 0 Å². The summed E-state index contributed by atoms with van der Waals surface area (Å²) in [6, 6.07) is 0. The van der Waals surface area contributed by atoms with Crippen molar-refractivity contribution in [1.82, 2.24) is 0 Å². The van der Waals surface area contributed by atoms with Gasteiger partial charge in [-0.15, -0.1) is 0 Å². The van der Waals surface area contributed by atoms with Gasteiger partial charge in [-0.05, 0) is 61.3 Å². The van der Waals surface area contributed by atoms with E-state index in [1.807, 2.05) is 0 Å². The summed E-state index contributed by atoms with van der Waals surface area (Å²) in [4.78, 5) is 0. The Hall–Kier alpha value is 1.86. The van der Waals surface area contributed by atoms with Crippen LogP contribution in [0.15, 0.2) is 0 Å². The van der Waals surface area contributed by atoms with E-state index in [2.05, 4.69) is 32.7 Å². The predicted octanol–water partition coefficient (Wildman–Crippen LogP) is 9.35. The van der Waals surface area contributed by atoms with E-state index in [0.29, 0.717) is 0 Å². The van der Waals surface area contributed by atoms with E-state index < -0.39 is 37.2 Å². The zero-order valence-electron chi connectivity index (χ0n) is 20.3. The van der Waals surface area contributed by atoms with Crippen molar-refractivity contribution in [1.29, 1.82) is 0 Å². The minimum atomic E-state index is -1.31. The average molecular weight is 559 g/mol. The molecule has 3 fully saturated rings. The molecule has 0 amide bonds. The Morgan fingerprint density at radius 3 is 2.10 bits per heavy atom. The van der Waals surface area contributed by atoms with Crippen LogP contribution in [0.4, 0.5) is 0 Å². The van der Waals surface area contributed by atoms with Crippen LogP contribution in [0.1, 0.15) is 64.2 Å². The van der Waals surface area contributed by atoms with Crippen molar-refractivity contribution in [2.75, 3.05) is 6.61 Å². The molecule has 3 rings (SSSR count). The van der Waals surface area contributed by atoms with Gasteiger partial charge >= 0.3 is 37.9 Å². The van der Waals surface area contributed by atoms with Gasteiger partial charge in [0, 0.05) is 6.61 Å². The van der Waals surface area contributed by atoms with Gasteiger partial charge in [0.2, 0.25) is 0 Å². The summed E-state index contributed by atoms with van der Waals surface area (Å²) < 4.78 is 6.13. The Kier molecular flexibility index (Phi) is 15.1. The molecule has 3 aliphatic carbocycles. The SMILES string of the molecule is C[Si](C)(C)OCCC1CCC([Si](C)(C)C2CCC3CCCCC32)C1.[CH3-].[CH3-].[Cl][Zr+2][Cl]. The van der Waals surface area contributed by atoms with Gasteiger partial charge in [-0.25, -0.2) is 0 Å². The summed E-state index contributed by atoms with van der Waals surface area (Å²) >= 11 is -0.826. The zero-order valence-corrected chi connectivity index (χ0v) is 26.3. The van der Waals surface area contributed by atoms with E-state index in [9.17, 15) is 0 Å². The number of halogens is 2. The van der Waals surface area contributed by atoms with E-state index in [4.69, 9.17) is 21.5 Å². The molecule has 0 aliphatic heterocycles. The van der Waals surface area contributed by atoms with E-state index in [0.717, 1.165) is 35.4 Å². The third kappa shape index (κ3) is 9.32. The number of rotatable bonds is 6. The summed E-state index contributed by atoms with van der Waals surface area (Å²) in [6.45, 7) is 13.5. The minimum absolute atomic E-state index is 0. The van der Waals surface area contributed by atoms with Crippen molar-refractivity contribution in [2.45, 2.75) is 108 Å². The Labute approximate surface area is 204 Å². The van der Waals surface area contributed by atoms with E-state index >= 15 is 0 Å². The molecule has 0 N–H and O–H groups in total.